The van der Waals surface area contributed by atoms with E-state index in [4.69, 9.17) is 0 Å². The highest BCUT2D eigenvalue weighted by molar-refractivity contribution is 7.97. The maximum absolute atomic E-state index is 9.95. The molecule has 0 atom stereocenters. The van der Waals surface area contributed by atoms with Gasteiger partial charge in [-0.2, -0.15) is 11.8 Å². The van der Waals surface area contributed by atoms with Crippen LogP contribution in [0.25, 0.3) is 10.9 Å². The molecule has 1 N–H and O–H groups in total. The highest BCUT2D eigenvalue weighted by Crippen LogP contribution is 2.32. The van der Waals surface area contributed by atoms with Gasteiger partial charge in [-0.05, 0) is 31.7 Å². The second-order valence-corrected chi connectivity index (χ2v) is 5.13. The maximum Gasteiger partial charge on any atom is 0.139 e. The molecule has 0 spiro atoms. The number of rotatable bonds is 3. The predicted octanol–water partition coefficient (Wildman–Crippen LogP) is 3.79. The summed E-state index contributed by atoms with van der Waals surface area (Å²) in [6.07, 6.45) is 4.26. The van der Waals surface area contributed by atoms with Gasteiger partial charge in [0, 0.05) is 23.4 Å². The van der Waals surface area contributed by atoms with Crippen molar-refractivity contribution in [1.29, 1.82) is 0 Å². The zero-order valence-electron chi connectivity index (χ0n) is 9.90. The van der Waals surface area contributed by atoms with Crippen molar-refractivity contribution >= 4 is 22.7 Å². The summed E-state index contributed by atoms with van der Waals surface area (Å²) in [6, 6.07) is 6.11. The van der Waals surface area contributed by atoms with E-state index in [0.717, 1.165) is 11.3 Å². The number of hydrogen-bond donors (Lipinski definition) is 1. The first kappa shape index (κ1) is 11.4. The second kappa shape index (κ2) is 4.42. The van der Waals surface area contributed by atoms with Crippen LogP contribution in [0.3, 0.4) is 0 Å². The minimum absolute atomic E-state index is 0.367. The molecule has 0 saturated heterocycles. The fourth-order valence-corrected chi connectivity index (χ4v) is 2.58. The van der Waals surface area contributed by atoms with Gasteiger partial charge in [-0.3, -0.25) is 0 Å². The van der Waals surface area contributed by atoms with Crippen molar-refractivity contribution in [3.8, 4) is 5.75 Å². The molecule has 0 radical (unpaired) electrons. The Morgan fingerprint density at radius 3 is 2.75 bits per heavy atom. The number of benzene rings is 1. The first-order valence-electron chi connectivity index (χ1n) is 5.45. The third-order valence-corrected chi connectivity index (χ3v) is 3.37. The van der Waals surface area contributed by atoms with Crippen LogP contribution in [0.2, 0.25) is 0 Å². The Morgan fingerprint density at radius 1 is 1.38 bits per heavy atom. The Balaban J connectivity index is 2.71. The van der Waals surface area contributed by atoms with Crippen molar-refractivity contribution in [1.82, 2.24) is 4.57 Å². The number of phenols is 1. The highest BCUT2D eigenvalue weighted by atomic mass is 32.2. The molecule has 3 heteroatoms. The predicted molar refractivity (Wildman–Crippen MR) is 71.2 cm³/mol. The summed E-state index contributed by atoms with van der Waals surface area (Å²) in [4.78, 5) is 0. The first-order valence-corrected chi connectivity index (χ1v) is 6.85. The Bertz CT molecular complexity index is 502. The van der Waals surface area contributed by atoms with Gasteiger partial charge in [-0.25, -0.2) is 0 Å². The van der Waals surface area contributed by atoms with E-state index in [-0.39, 0.29) is 0 Å². The summed E-state index contributed by atoms with van der Waals surface area (Å²) in [7, 11) is 0. The monoisotopic (exact) mass is 235 g/mol. The van der Waals surface area contributed by atoms with Gasteiger partial charge in [0.25, 0.3) is 0 Å². The molecule has 16 heavy (non-hydrogen) atoms. The Kier molecular flexibility index (Phi) is 3.15. The average molecular weight is 235 g/mol. The summed E-state index contributed by atoms with van der Waals surface area (Å²) in [5, 5.41) is 11.1. The normalized spacial score (nSPS) is 11.5. The molecule has 86 valence electrons. The molecule has 0 aliphatic carbocycles. The van der Waals surface area contributed by atoms with Crippen LogP contribution in [-0.4, -0.2) is 15.9 Å². The summed E-state index contributed by atoms with van der Waals surface area (Å²) < 4.78 is 2.15. The largest absolute Gasteiger partial charge is 0.506 e. The minimum atomic E-state index is 0.367. The molecule has 2 nitrogen and oxygen atoms in total. The number of aromatic hydroxyl groups is 1. The fourth-order valence-electron chi connectivity index (χ4n) is 2.04. The number of nitrogens with zero attached hydrogens (tertiary/aromatic N) is 1. The van der Waals surface area contributed by atoms with E-state index in [0.29, 0.717) is 11.8 Å². The maximum atomic E-state index is 9.95. The molecule has 0 unspecified atom stereocenters. The van der Waals surface area contributed by atoms with Gasteiger partial charge in [-0.15, -0.1) is 0 Å². The molecule has 2 aromatic rings. The lowest BCUT2D eigenvalue weighted by molar-refractivity contribution is 0.475. The molecule has 2 rings (SSSR count). The molecular weight excluding hydrogens is 218 g/mol. The van der Waals surface area contributed by atoms with E-state index in [2.05, 4.69) is 36.9 Å². The Hall–Kier alpha value is -1.09. The minimum Gasteiger partial charge on any atom is -0.506 e. The van der Waals surface area contributed by atoms with Gasteiger partial charge < -0.3 is 9.67 Å². The zero-order valence-corrected chi connectivity index (χ0v) is 10.7. The number of thioether (sulfide) groups is 1. The van der Waals surface area contributed by atoms with E-state index in [1.54, 1.807) is 17.8 Å². The van der Waals surface area contributed by atoms with E-state index in [1.807, 2.05) is 6.07 Å². The van der Waals surface area contributed by atoms with Crippen LogP contribution in [0.4, 0.5) is 0 Å². The molecular formula is C13H17NOS. The zero-order chi connectivity index (χ0) is 11.7. The van der Waals surface area contributed by atoms with E-state index in [9.17, 15) is 5.11 Å². The summed E-state index contributed by atoms with van der Waals surface area (Å²) >= 11 is 1.81. The van der Waals surface area contributed by atoms with Gasteiger partial charge in [0.2, 0.25) is 0 Å². The van der Waals surface area contributed by atoms with Crippen LogP contribution in [-0.2, 0) is 5.75 Å². The number of aromatic nitrogens is 1. The van der Waals surface area contributed by atoms with Crippen LogP contribution >= 0.6 is 11.8 Å². The van der Waals surface area contributed by atoms with Gasteiger partial charge in [-0.1, -0.05) is 12.1 Å². The fraction of sp³-hybridized carbons (Fsp3) is 0.385. The summed E-state index contributed by atoms with van der Waals surface area (Å²) in [6.45, 7) is 4.27. The molecule has 1 aromatic carbocycles. The molecule has 1 heterocycles. The van der Waals surface area contributed by atoms with Crippen LogP contribution in [0, 0.1) is 0 Å². The standard InChI is InChI=1S/C13H17NOS/c1-9(2)14-7-10(8-16-3)11-5-4-6-12(15)13(11)14/h4-7,9,15H,8H2,1-3H3. The lowest BCUT2D eigenvalue weighted by Crippen LogP contribution is -1.98. The third kappa shape index (κ3) is 1.80. The van der Waals surface area contributed by atoms with E-state index in [1.165, 1.54) is 10.9 Å². The van der Waals surface area contributed by atoms with Crippen molar-refractivity contribution < 1.29 is 5.11 Å². The number of fused-ring (bicyclic) bond motifs is 1. The topological polar surface area (TPSA) is 25.2 Å². The van der Waals surface area contributed by atoms with Crippen molar-refractivity contribution in [3.05, 3.63) is 30.0 Å². The van der Waals surface area contributed by atoms with Gasteiger partial charge >= 0.3 is 0 Å². The van der Waals surface area contributed by atoms with E-state index >= 15 is 0 Å². The van der Waals surface area contributed by atoms with Crippen LogP contribution in [0.5, 0.6) is 5.75 Å². The summed E-state index contributed by atoms with van der Waals surface area (Å²) in [5.41, 5.74) is 2.26. The number of para-hydroxylation sites is 1. The van der Waals surface area contributed by atoms with Gasteiger partial charge in [0.05, 0.1) is 5.52 Å². The number of phenolic OH excluding ortho intramolecular Hbond substituents is 1. The van der Waals surface area contributed by atoms with E-state index < -0.39 is 0 Å². The van der Waals surface area contributed by atoms with Gasteiger partial charge in [0.15, 0.2) is 0 Å². The van der Waals surface area contributed by atoms with Crippen molar-refractivity contribution in [3.63, 3.8) is 0 Å². The first-order chi connectivity index (χ1) is 7.65. The lowest BCUT2D eigenvalue weighted by atomic mass is 10.2. The van der Waals surface area contributed by atoms with Crippen molar-refractivity contribution in [2.45, 2.75) is 25.6 Å². The molecule has 0 aliphatic heterocycles. The Labute approximate surface area is 100 Å². The summed E-state index contributed by atoms with van der Waals surface area (Å²) in [5.74, 6) is 1.36. The molecule has 0 saturated carbocycles. The molecule has 1 aromatic heterocycles. The molecule has 0 bridgehead atoms. The molecule has 0 amide bonds. The quantitative estimate of drug-likeness (QED) is 0.875. The molecule has 0 fully saturated rings. The van der Waals surface area contributed by atoms with Gasteiger partial charge in [0.1, 0.15) is 5.75 Å². The SMILES string of the molecule is CSCc1cn(C(C)C)c2c(O)cccc12. The van der Waals surface area contributed by atoms with Crippen LogP contribution < -0.4 is 0 Å². The average Bonchev–Trinajstić information content (AvgIpc) is 2.60. The van der Waals surface area contributed by atoms with Crippen molar-refractivity contribution in [2.75, 3.05) is 6.26 Å². The second-order valence-electron chi connectivity index (χ2n) is 4.26. The third-order valence-electron chi connectivity index (χ3n) is 2.77. The van der Waals surface area contributed by atoms with Crippen molar-refractivity contribution in [2.24, 2.45) is 0 Å². The number of hydrogen-bond acceptors (Lipinski definition) is 2. The van der Waals surface area contributed by atoms with Crippen LogP contribution in [0.1, 0.15) is 25.5 Å². The lowest BCUT2D eigenvalue weighted by Gasteiger charge is -2.09. The molecule has 0 aliphatic rings. The van der Waals surface area contributed by atoms with Crippen LogP contribution in [0.15, 0.2) is 24.4 Å². The smallest absolute Gasteiger partial charge is 0.139 e. The highest BCUT2D eigenvalue weighted by Gasteiger charge is 2.12. The Morgan fingerprint density at radius 2 is 2.12 bits per heavy atom.